The Morgan fingerprint density at radius 1 is 1.33 bits per heavy atom. The quantitative estimate of drug-likeness (QED) is 0.574. The van der Waals surface area contributed by atoms with Crippen LogP contribution in [0.1, 0.15) is 45.4 Å². The van der Waals surface area contributed by atoms with Gasteiger partial charge in [0.15, 0.2) is 0 Å². The molecule has 0 radical (unpaired) electrons. The number of likely N-dealkylation sites (N-methyl/N-ethyl adjacent to an activating group) is 1. The van der Waals surface area contributed by atoms with Gasteiger partial charge in [-0.15, -0.1) is 0 Å². The van der Waals surface area contributed by atoms with Crippen molar-refractivity contribution in [3.05, 3.63) is 0 Å². The van der Waals surface area contributed by atoms with Crippen LogP contribution in [-0.2, 0) is 9.53 Å². The van der Waals surface area contributed by atoms with Crippen molar-refractivity contribution < 1.29 is 9.53 Å². The number of nitrogens with one attached hydrogen (secondary N) is 1. The Balaban J connectivity index is 2.51. The third kappa shape index (κ3) is 3.82. The van der Waals surface area contributed by atoms with Crippen molar-refractivity contribution in [2.24, 2.45) is 5.92 Å². The minimum Gasteiger partial charge on any atom is -0.465 e. The highest BCUT2D eigenvalue weighted by atomic mass is 16.5. The fraction of sp³-hybridized carbons (Fsp3) is 0.917. The summed E-state index contributed by atoms with van der Waals surface area (Å²) in [4.78, 5) is 11.7. The number of hydrogen-bond donors (Lipinski definition) is 1. The fourth-order valence-corrected chi connectivity index (χ4v) is 2.42. The minimum absolute atomic E-state index is 0.0769. The second-order valence-electron chi connectivity index (χ2n) is 4.27. The van der Waals surface area contributed by atoms with Gasteiger partial charge in [0.2, 0.25) is 0 Å². The van der Waals surface area contributed by atoms with Gasteiger partial charge in [0.25, 0.3) is 0 Å². The Kier molecular flexibility index (Phi) is 5.69. The number of rotatable bonds is 4. The van der Waals surface area contributed by atoms with Crippen molar-refractivity contribution in [3.8, 4) is 0 Å². The van der Waals surface area contributed by atoms with Crippen LogP contribution in [0.15, 0.2) is 0 Å². The van der Waals surface area contributed by atoms with Gasteiger partial charge in [-0.2, -0.15) is 0 Å². The van der Waals surface area contributed by atoms with E-state index in [1.54, 1.807) is 0 Å². The van der Waals surface area contributed by atoms with Gasteiger partial charge in [-0.3, -0.25) is 4.79 Å². The van der Waals surface area contributed by atoms with E-state index in [1.807, 2.05) is 14.0 Å². The first-order valence-corrected chi connectivity index (χ1v) is 6.13. The van der Waals surface area contributed by atoms with Crippen molar-refractivity contribution in [3.63, 3.8) is 0 Å². The molecule has 1 N–H and O–H groups in total. The third-order valence-electron chi connectivity index (χ3n) is 3.22. The van der Waals surface area contributed by atoms with Crippen molar-refractivity contribution in [2.45, 2.75) is 51.5 Å². The molecular formula is C12H23NO2. The monoisotopic (exact) mass is 213 g/mol. The van der Waals surface area contributed by atoms with Crippen molar-refractivity contribution in [1.29, 1.82) is 0 Å². The van der Waals surface area contributed by atoms with E-state index in [2.05, 4.69) is 5.32 Å². The maximum atomic E-state index is 11.7. The van der Waals surface area contributed by atoms with Gasteiger partial charge in [-0.1, -0.05) is 25.7 Å². The predicted octanol–water partition coefficient (Wildman–Crippen LogP) is 2.11. The van der Waals surface area contributed by atoms with Gasteiger partial charge in [0, 0.05) is 0 Å². The van der Waals surface area contributed by atoms with Crippen LogP contribution in [0, 0.1) is 5.92 Å². The molecule has 1 aliphatic carbocycles. The molecule has 1 unspecified atom stereocenters. The van der Waals surface area contributed by atoms with Crippen molar-refractivity contribution in [2.75, 3.05) is 13.7 Å². The van der Waals surface area contributed by atoms with Gasteiger partial charge in [0.05, 0.1) is 6.61 Å². The summed E-state index contributed by atoms with van der Waals surface area (Å²) < 4.78 is 5.09. The molecular weight excluding hydrogens is 190 g/mol. The molecule has 1 saturated carbocycles. The average Bonchev–Trinajstić information content (AvgIpc) is 2.48. The largest absolute Gasteiger partial charge is 0.465 e. The molecule has 3 heteroatoms. The molecule has 0 heterocycles. The fourth-order valence-electron chi connectivity index (χ4n) is 2.42. The van der Waals surface area contributed by atoms with Gasteiger partial charge in [-0.05, 0) is 32.7 Å². The lowest BCUT2D eigenvalue weighted by molar-refractivity contribution is -0.147. The van der Waals surface area contributed by atoms with E-state index < -0.39 is 0 Å². The number of ether oxygens (including phenoxy) is 1. The number of carbonyl (C=O) groups is 1. The van der Waals surface area contributed by atoms with Crippen LogP contribution in [-0.4, -0.2) is 25.7 Å². The summed E-state index contributed by atoms with van der Waals surface area (Å²) in [7, 11) is 1.85. The number of esters is 1. The molecule has 0 saturated heterocycles. The predicted molar refractivity (Wildman–Crippen MR) is 60.7 cm³/mol. The molecule has 0 aromatic rings. The van der Waals surface area contributed by atoms with Crippen LogP contribution >= 0.6 is 0 Å². The smallest absolute Gasteiger partial charge is 0.323 e. The van der Waals surface area contributed by atoms with Crippen LogP contribution < -0.4 is 5.32 Å². The summed E-state index contributed by atoms with van der Waals surface area (Å²) >= 11 is 0. The van der Waals surface area contributed by atoms with Crippen LogP contribution in [0.2, 0.25) is 0 Å². The van der Waals surface area contributed by atoms with Gasteiger partial charge in [0.1, 0.15) is 6.04 Å². The van der Waals surface area contributed by atoms with Gasteiger partial charge in [-0.25, -0.2) is 0 Å². The molecule has 0 bridgehead atoms. The Hall–Kier alpha value is -0.570. The summed E-state index contributed by atoms with van der Waals surface area (Å²) in [5.74, 6) is 0.392. The highest BCUT2D eigenvalue weighted by Crippen LogP contribution is 2.25. The summed E-state index contributed by atoms with van der Waals surface area (Å²) in [6.45, 7) is 2.33. The maximum absolute atomic E-state index is 11.7. The van der Waals surface area contributed by atoms with Gasteiger partial charge >= 0.3 is 5.97 Å². The molecule has 15 heavy (non-hydrogen) atoms. The minimum atomic E-state index is -0.0944. The van der Waals surface area contributed by atoms with Crippen LogP contribution in [0.4, 0.5) is 0 Å². The van der Waals surface area contributed by atoms with E-state index in [0.29, 0.717) is 12.5 Å². The van der Waals surface area contributed by atoms with E-state index in [9.17, 15) is 4.79 Å². The molecule has 1 rings (SSSR count). The summed E-state index contributed by atoms with van der Waals surface area (Å²) in [6.07, 6.45) is 7.45. The Morgan fingerprint density at radius 3 is 2.40 bits per heavy atom. The summed E-state index contributed by atoms with van der Waals surface area (Å²) in [6, 6.07) is -0.0944. The molecule has 1 atom stereocenters. The summed E-state index contributed by atoms with van der Waals surface area (Å²) in [5.41, 5.74) is 0. The van der Waals surface area contributed by atoms with E-state index in [0.717, 1.165) is 12.8 Å². The first-order chi connectivity index (χ1) is 7.29. The third-order valence-corrected chi connectivity index (χ3v) is 3.22. The first-order valence-electron chi connectivity index (χ1n) is 6.13. The number of hydrogen-bond acceptors (Lipinski definition) is 3. The van der Waals surface area contributed by atoms with Crippen molar-refractivity contribution >= 4 is 5.97 Å². The molecule has 1 fully saturated rings. The zero-order chi connectivity index (χ0) is 11.1. The van der Waals surface area contributed by atoms with Crippen molar-refractivity contribution in [1.82, 2.24) is 5.32 Å². The molecule has 88 valence electrons. The summed E-state index contributed by atoms with van der Waals surface area (Å²) in [5, 5.41) is 3.11. The SMILES string of the molecule is CCOC(=O)C(NC)C1CCCCCC1. The second kappa shape index (κ2) is 6.83. The Labute approximate surface area is 92.6 Å². The number of carbonyl (C=O) groups excluding carboxylic acids is 1. The topological polar surface area (TPSA) is 38.3 Å². The van der Waals surface area contributed by atoms with E-state index in [4.69, 9.17) is 4.74 Å². The molecule has 3 nitrogen and oxygen atoms in total. The lowest BCUT2D eigenvalue weighted by atomic mass is 9.92. The van der Waals surface area contributed by atoms with E-state index >= 15 is 0 Å². The van der Waals surface area contributed by atoms with Crippen LogP contribution in [0.3, 0.4) is 0 Å². The Morgan fingerprint density at radius 2 is 1.93 bits per heavy atom. The molecule has 1 aliphatic rings. The first kappa shape index (κ1) is 12.5. The van der Waals surface area contributed by atoms with Gasteiger partial charge < -0.3 is 10.1 Å². The maximum Gasteiger partial charge on any atom is 0.323 e. The molecule has 0 aromatic carbocycles. The second-order valence-corrected chi connectivity index (χ2v) is 4.27. The lowest BCUT2D eigenvalue weighted by Gasteiger charge is -2.23. The average molecular weight is 213 g/mol. The molecule has 0 aromatic heterocycles. The highest BCUT2D eigenvalue weighted by Gasteiger charge is 2.28. The molecule has 0 amide bonds. The zero-order valence-corrected chi connectivity index (χ0v) is 9.92. The molecule has 0 spiro atoms. The lowest BCUT2D eigenvalue weighted by Crippen LogP contribution is -2.41. The zero-order valence-electron chi connectivity index (χ0n) is 9.92. The Bertz CT molecular complexity index is 186. The van der Waals surface area contributed by atoms with E-state index in [-0.39, 0.29) is 12.0 Å². The van der Waals surface area contributed by atoms with Crippen LogP contribution in [0.25, 0.3) is 0 Å². The standard InChI is InChI=1S/C12H23NO2/c1-3-15-12(14)11(13-2)10-8-6-4-5-7-9-10/h10-11,13H,3-9H2,1-2H3. The van der Waals surface area contributed by atoms with E-state index in [1.165, 1.54) is 25.7 Å². The van der Waals surface area contributed by atoms with Crippen LogP contribution in [0.5, 0.6) is 0 Å². The highest BCUT2D eigenvalue weighted by molar-refractivity contribution is 5.76. The normalized spacial score (nSPS) is 20.7. The molecule has 0 aliphatic heterocycles.